The minimum atomic E-state index is -0.303. The Labute approximate surface area is 740 Å². The molecule has 0 unspecified atom stereocenters. The molecular weight excluding hydrogens is 1680 g/mol. The van der Waals surface area contributed by atoms with E-state index in [0.29, 0.717) is 65.8 Å². The molecule has 632 valence electrons. The van der Waals surface area contributed by atoms with Crippen LogP contribution in [0.4, 0.5) is 0 Å². The van der Waals surface area contributed by atoms with Crippen molar-refractivity contribution in [3.63, 3.8) is 0 Å². The summed E-state index contributed by atoms with van der Waals surface area (Å²) in [5.41, 5.74) is 7.01. The second-order valence-corrected chi connectivity index (χ2v) is 28.7. The van der Waals surface area contributed by atoms with Crippen LogP contribution in [-0.4, -0.2) is 104 Å². The van der Waals surface area contributed by atoms with Crippen LogP contribution in [0.25, 0.3) is 78.6 Å². The summed E-state index contributed by atoms with van der Waals surface area (Å²) in [5, 5.41) is 31.1. The quantitative estimate of drug-likeness (QED) is 0.0726. The van der Waals surface area contributed by atoms with Crippen LogP contribution in [0.15, 0.2) is 349 Å². The maximum absolute atomic E-state index is 12.5. The van der Waals surface area contributed by atoms with Crippen molar-refractivity contribution < 1.29 is 59.7 Å². The lowest BCUT2D eigenvalue weighted by Crippen LogP contribution is -2.24. The summed E-state index contributed by atoms with van der Waals surface area (Å²) >= 11 is 17.7. The van der Waals surface area contributed by atoms with E-state index < -0.39 is 0 Å². The predicted octanol–water partition coefficient (Wildman–Crippen LogP) is 22.3. The van der Waals surface area contributed by atoms with Crippen LogP contribution in [0.2, 0.25) is 15.1 Å². The van der Waals surface area contributed by atoms with Gasteiger partial charge < -0.3 is 30.9 Å². The first-order valence-corrected chi connectivity index (χ1v) is 40.6. The number of rotatable bonds is 19. The molecule has 14 heterocycles. The highest BCUT2D eigenvalue weighted by atomic mass is 35.5. The van der Waals surface area contributed by atoms with Gasteiger partial charge in [-0.3, -0.25) is 28.8 Å². The molecule has 127 heavy (non-hydrogen) atoms. The number of aromatic nitrogens is 14. The van der Waals surface area contributed by atoms with Crippen LogP contribution in [0.3, 0.4) is 0 Å². The molecule has 1 aliphatic carbocycles. The molecule has 0 amide bonds. The third kappa shape index (κ3) is 25.2. The molecule has 0 atom stereocenters. The van der Waals surface area contributed by atoms with Crippen LogP contribution < -0.4 is 0 Å². The second kappa shape index (κ2) is 43.9. The topological polar surface area (TPSA) is 319 Å². The number of nitrogens with zero attached hydrogens (tertiary/aromatic N) is 14. The molecule has 30 heteroatoms. The van der Waals surface area contributed by atoms with Crippen molar-refractivity contribution in [2.75, 3.05) is 0 Å². The van der Waals surface area contributed by atoms with Crippen molar-refractivity contribution >= 4 is 143 Å². The maximum atomic E-state index is 12.5. The van der Waals surface area contributed by atoms with Crippen molar-refractivity contribution in [1.29, 1.82) is 0 Å². The summed E-state index contributed by atoms with van der Waals surface area (Å²) < 4.78 is 45.8. The zero-order valence-corrected chi connectivity index (χ0v) is 69.5. The van der Waals surface area contributed by atoms with E-state index in [4.69, 9.17) is 65.7 Å². The Morgan fingerprint density at radius 2 is 0.661 bits per heavy atom. The summed E-state index contributed by atoms with van der Waals surface area (Å²) in [6.45, 7) is 0. The Kier molecular flexibility index (Phi) is 30.1. The summed E-state index contributed by atoms with van der Waals surface area (Å²) in [7, 11) is 0. The van der Waals surface area contributed by atoms with Crippen LogP contribution in [0.5, 0.6) is 0 Å². The van der Waals surface area contributed by atoms with E-state index in [1.54, 1.807) is 292 Å². The van der Waals surface area contributed by atoms with E-state index >= 15 is 0 Å². The molecule has 18 aromatic rings. The van der Waals surface area contributed by atoms with Crippen molar-refractivity contribution in [3.05, 3.63) is 430 Å². The molecule has 4 aromatic carbocycles. The number of furan rings is 7. The first-order chi connectivity index (χ1) is 62.1. The summed E-state index contributed by atoms with van der Waals surface area (Å²) in [4.78, 5) is 73.5. The molecule has 0 N–H and O–H groups in total. The van der Waals surface area contributed by atoms with Gasteiger partial charge in [0.2, 0.25) is 5.91 Å². The molecule has 0 saturated heterocycles. The highest BCUT2D eigenvalue weighted by Crippen LogP contribution is 2.26. The summed E-state index contributed by atoms with van der Waals surface area (Å²) in [6, 6.07) is 65.2. The number of halogens is 3. The monoisotopic (exact) mass is 1750 g/mol. The molecule has 0 spiro atoms. The standard InChI is InChI=1S/C19H14N4O2.3C16H11ClN2O2.C16H18N2O2.C14H10N2O3/c24-19(15-4-7-17(8-5-15)22-12-2-11-20-22)23-13-10-16(21-23)6-9-18-3-1-14-25-18;17-13-4-1-3-12(11-13)16(20)19-9-8-14(18-19)6-7-15-5-2-10-21-15;17-13-5-3-12(4-6-13)16(20)19-10-9-14(18-19)7-8-15-2-1-11-21-15;17-15-6-2-1-5-14(15)16(20)19-10-9-12(18-19)7-8-13-4-3-11-21-13;19-16(13-5-2-1-3-6-13)18-11-10-14(17-18)8-9-15-7-4-12-20-15;17-14(13-4-2-10-19-13)16-8-7-11(15-16)5-6-12-3-1-9-18-12/h1-14H;3*1-11H;4,7-13H,1-3,5-6H2;1-10H/b9-6+;7-6+;2*8-7+;9-8+;6-5+. The Bertz CT molecular complexity index is 6710. The fourth-order valence-corrected chi connectivity index (χ4v) is 12.7. The number of carbonyl (C=O) groups is 6. The Morgan fingerprint density at radius 1 is 0.299 bits per heavy atom. The van der Waals surface area contributed by atoms with Gasteiger partial charge in [-0.15, -0.1) is 0 Å². The summed E-state index contributed by atoms with van der Waals surface area (Å²) in [6.07, 6.45) is 51.6. The van der Waals surface area contributed by atoms with E-state index in [0.717, 1.165) is 71.6 Å². The van der Waals surface area contributed by atoms with Gasteiger partial charge >= 0.3 is 5.91 Å². The van der Waals surface area contributed by atoms with Gasteiger partial charge in [-0.2, -0.15) is 35.7 Å². The molecule has 1 aliphatic rings. The molecule has 19 rings (SSSR count). The average molecular weight is 1750 g/mol. The average Bonchev–Trinajstić information content (AvgIpc) is 1.77. The number of hydrogen-bond acceptors (Lipinski definition) is 20. The van der Waals surface area contributed by atoms with Crippen LogP contribution in [0.1, 0.15) is 158 Å². The third-order valence-corrected chi connectivity index (χ3v) is 19.3. The number of benzene rings is 4. The predicted molar refractivity (Wildman–Crippen MR) is 482 cm³/mol. The normalized spacial score (nSPS) is 12.0. The molecular formula is C97H75Cl3N14O13. The van der Waals surface area contributed by atoms with Crippen molar-refractivity contribution in [3.8, 4) is 5.69 Å². The Morgan fingerprint density at radius 3 is 1.03 bits per heavy atom. The Hall–Kier alpha value is -16.4. The molecule has 14 aromatic heterocycles. The smallest absolute Gasteiger partial charge is 0.313 e. The van der Waals surface area contributed by atoms with E-state index in [-0.39, 0.29) is 47.1 Å². The molecule has 0 aliphatic heterocycles. The minimum Gasteiger partial charge on any atom is -0.465 e. The highest BCUT2D eigenvalue weighted by molar-refractivity contribution is 6.34. The van der Waals surface area contributed by atoms with Crippen molar-refractivity contribution in [1.82, 2.24) is 68.5 Å². The van der Waals surface area contributed by atoms with Gasteiger partial charge in [0.25, 0.3) is 23.6 Å². The van der Waals surface area contributed by atoms with E-state index in [9.17, 15) is 28.8 Å². The van der Waals surface area contributed by atoms with E-state index in [1.807, 2.05) is 97.2 Å². The molecule has 1 saturated carbocycles. The lowest BCUT2D eigenvalue weighted by atomic mass is 9.89. The second-order valence-electron chi connectivity index (χ2n) is 27.4. The molecule has 0 bridgehead atoms. The van der Waals surface area contributed by atoms with Gasteiger partial charge in [0.05, 0.1) is 94.3 Å². The van der Waals surface area contributed by atoms with Gasteiger partial charge in [-0.05, 0) is 292 Å². The van der Waals surface area contributed by atoms with Gasteiger partial charge in [0, 0.05) is 82.2 Å². The van der Waals surface area contributed by atoms with Crippen molar-refractivity contribution in [2.45, 2.75) is 32.1 Å². The fraction of sp³-hybridized carbons (Fsp3) is 0.0619. The van der Waals surface area contributed by atoms with Crippen LogP contribution in [-0.2, 0) is 0 Å². The zero-order valence-electron chi connectivity index (χ0n) is 67.3. The van der Waals surface area contributed by atoms with Gasteiger partial charge in [-0.1, -0.05) is 72.3 Å². The SMILES string of the molecule is O=C(C1CCCCC1)n1ccc(/C=C/c2ccco2)n1.O=C(c1ccc(-n2cccn2)cc1)n1ccc(/C=C/c2ccco2)n1.O=C(c1ccc(Cl)cc1)n1ccc(/C=C/c2ccco2)n1.O=C(c1cccc(Cl)c1)n1ccc(/C=C/c2ccco2)n1.O=C(c1ccccc1Cl)n1ccc(/C=C/c2ccco2)n1.O=C(c1ccco1)n1ccc(/C=C/c2ccco2)n1. The largest absolute Gasteiger partial charge is 0.465 e. The highest BCUT2D eigenvalue weighted by Gasteiger charge is 2.24. The fourth-order valence-electron chi connectivity index (χ4n) is 12.2. The van der Waals surface area contributed by atoms with Gasteiger partial charge in [-0.25, -0.2) is 32.8 Å². The number of carbonyl (C=O) groups excluding carboxylic acids is 6. The van der Waals surface area contributed by atoms with E-state index in [2.05, 4.69) is 35.7 Å². The molecule has 0 radical (unpaired) electrons. The van der Waals surface area contributed by atoms with Gasteiger partial charge in [0.1, 0.15) is 34.6 Å². The molecule has 1 fully saturated rings. The lowest BCUT2D eigenvalue weighted by Gasteiger charge is -2.19. The Balaban J connectivity index is 0.000000124. The van der Waals surface area contributed by atoms with Crippen LogP contribution in [0, 0.1) is 5.92 Å². The third-order valence-electron chi connectivity index (χ3n) is 18.5. The molecule has 27 nitrogen and oxygen atoms in total. The maximum Gasteiger partial charge on any atom is 0.313 e. The zero-order chi connectivity index (χ0) is 87.9. The lowest BCUT2D eigenvalue weighted by molar-refractivity contribution is 0.0782. The van der Waals surface area contributed by atoms with E-state index in [1.165, 1.54) is 40.8 Å². The summed E-state index contributed by atoms with van der Waals surface area (Å²) in [5.74, 6) is 3.75. The first-order valence-electron chi connectivity index (χ1n) is 39.4. The van der Waals surface area contributed by atoms with Gasteiger partial charge in [0.15, 0.2) is 5.76 Å². The van der Waals surface area contributed by atoms with Crippen molar-refractivity contribution in [2.24, 2.45) is 5.92 Å². The first kappa shape index (κ1) is 87.0. The van der Waals surface area contributed by atoms with Crippen LogP contribution >= 0.6 is 34.8 Å². The minimum absolute atomic E-state index is 0.127. The number of hydrogen-bond donors (Lipinski definition) is 0.